The van der Waals surface area contributed by atoms with Crippen molar-refractivity contribution in [2.24, 2.45) is 0 Å². The number of para-hydroxylation sites is 1. The molecule has 3 nitrogen and oxygen atoms in total. The molecule has 0 amide bonds. The highest BCUT2D eigenvalue weighted by Gasteiger charge is 2.10. The Morgan fingerprint density at radius 2 is 2.17 bits per heavy atom. The van der Waals surface area contributed by atoms with Gasteiger partial charge in [0.1, 0.15) is 5.82 Å². The van der Waals surface area contributed by atoms with Gasteiger partial charge in [0, 0.05) is 0 Å². The Labute approximate surface area is 68.0 Å². The molecule has 0 atom stereocenters. The molecule has 2 N–H and O–H groups in total. The van der Waals surface area contributed by atoms with Gasteiger partial charge in [-0.3, -0.25) is 9.59 Å². The van der Waals surface area contributed by atoms with Gasteiger partial charge in [0.25, 0.3) is 0 Å². The molecule has 1 aromatic carbocycles. The first-order valence-electron chi connectivity index (χ1n) is 3.20. The molecular weight excluding hydrogens is 161 g/mol. The topological polar surface area (TPSA) is 60.2 Å². The maximum atomic E-state index is 12.7. The largest absolute Gasteiger partial charge is 0.396 e. The fourth-order valence-corrected chi connectivity index (χ4v) is 0.815. The van der Waals surface area contributed by atoms with Crippen molar-refractivity contribution >= 4 is 17.8 Å². The summed E-state index contributed by atoms with van der Waals surface area (Å²) in [5, 5.41) is 0. The molecule has 12 heavy (non-hydrogen) atoms. The van der Waals surface area contributed by atoms with E-state index in [1.54, 1.807) is 0 Å². The van der Waals surface area contributed by atoms with Crippen LogP contribution >= 0.6 is 0 Å². The molecule has 0 unspecified atom stereocenters. The average molecular weight is 167 g/mol. The number of rotatable bonds is 2. The number of hydrogen-bond acceptors (Lipinski definition) is 3. The highest BCUT2D eigenvalue weighted by molar-refractivity contribution is 6.34. The molecule has 0 aliphatic heterocycles. The summed E-state index contributed by atoms with van der Waals surface area (Å²) >= 11 is 0. The molecule has 62 valence electrons. The fraction of sp³-hybridized carbons (Fsp3) is 0. The number of aldehydes is 1. The van der Waals surface area contributed by atoms with Gasteiger partial charge in [-0.2, -0.15) is 0 Å². The smallest absolute Gasteiger partial charge is 0.227 e. The minimum absolute atomic E-state index is 0.0926. The number of anilines is 1. The first-order valence-corrected chi connectivity index (χ1v) is 3.20. The number of halogens is 1. The van der Waals surface area contributed by atoms with Crippen LogP contribution in [-0.2, 0) is 4.79 Å². The monoisotopic (exact) mass is 167 g/mol. The summed E-state index contributed by atoms with van der Waals surface area (Å²) in [4.78, 5) is 20.8. The van der Waals surface area contributed by atoms with Crippen LogP contribution < -0.4 is 5.73 Å². The number of Topliss-reactive ketones (excluding diaryl/α,β-unsaturated/α-hetero) is 1. The summed E-state index contributed by atoms with van der Waals surface area (Å²) in [6.07, 6.45) is 0.102. The minimum atomic E-state index is -0.813. The maximum absolute atomic E-state index is 12.7. The summed E-state index contributed by atoms with van der Waals surface area (Å²) in [6.45, 7) is 0. The predicted octanol–water partition coefficient (Wildman–Crippen LogP) is 0.790. The second-order valence-corrected chi connectivity index (χ2v) is 2.18. The molecule has 0 saturated heterocycles. The summed E-state index contributed by atoms with van der Waals surface area (Å²) in [5.41, 5.74) is 4.83. The van der Waals surface area contributed by atoms with Gasteiger partial charge in [0.2, 0.25) is 5.78 Å². The van der Waals surface area contributed by atoms with Gasteiger partial charge in [-0.05, 0) is 12.1 Å². The van der Waals surface area contributed by atoms with E-state index in [4.69, 9.17) is 5.73 Å². The number of benzene rings is 1. The number of nitrogen functional groups attached to an aromatic ring is 1. The third kappa shape index (κ3) is 1.32. The zero-order valence-corrected chi connectivity index (χ0v) is 6.08. The van der Waals surface area contributed by atoms with Crippen LogP contribution in [-0.4, -0.2) is 12.1 Å². The molecule has 0 bridgehead atoms. The van der Waals surface area contributed by atoms with E-state index in [1.165, 1.54) is 12.1 Å². The van der Waals surface area contributed by atoms with Crippen LogP contribution in [0.15, 0.2) is 18.2 Å². The molecule has 0 aliphatic rings. The molecule has 0 radical (unpaired) electrons. The first-order chi connectivity index (χ1) is 5.66. The number of carbonyl (C=O) groups excluding carboxylic acids is 2. The van der Waals surface area contributed by atoms with Crippen molar-refractivity contribution < 1.29 is 14.0 Å². The summed E-state index contributed by atoms with van der Waals surface area (Å²) < 4.78 is 12.7. The van der Waals surface area contributed by atoms with Crippen molar-refractivity contribution in [2.45, 2.75) is 0 Å². The molecule has 0 fully saturated rings. The number of hydrogen-bond donors (Lipinski definition) is 1. The van der Waals surface area contributed by atoms with Crippen LogP contribution in [0, 0.1) is 5.82 Å². The Kier molecular flexibility index (Phi) is 2.19. The van der Waals surface area contributed by atoms with E-state index in [2.05, 4.69) is 0 Å². The first kappa shape index (κ1) is 8.39. The minimum Gasteiger partial charge on any atom is -0.396 e. The summed E-state index contributed by atoms with van der Waals surface area (Å²) in [7, 11) is 0. The Hall–Kier alpha value is -1.71. The quantitative estimate of drug-likeness (QED) is 0.306. The van der Waals surface area contributed by atoms with E-state index in [9.17, 15) is 14.0 Å². The molecule has 4 heteroatoms. The highest BCUT2D eigenvalue weighted by Crippen LogP contribution is 2.15. The van der Waals surface area contributed by atoms with E-state index in [-0.39, 0.29) is 17.5 Å². The van der Waals surface area contributed by atoms with E-state index >= 15 is 0 Å². The number of nitrogens with two attached hydrogens (primary N) is 1. The SMILES string of the molecule is Nc1c(F)cccc1C(=O)C=O. The van der Waals surface area contributed by atoms with Crippen LogP contribution in [0.3, 0.4) is 0 Å². The number of ketones is 1. The van der Waals surface area contributed by atoms with Crippen molar-refractivity contribution in [1.82, 2.24) is 0 Å². The molecular formula is C8H6FNO2. The van der Waals surface area contributed by atoms with Gasteiger partial charge in [-0.25, -0.2) is 4.39 Å². The average Bonchev–Trinajstić information content (AvgIpc) is 2.08. The summed E-state index contributed by atoms with van der Waals surface area (Å²) in [6, 6.07) is 3.74. The maximum Gasteiger partial charge on any atom is 0.227 e. The van der Waals surface area contributed by atoms with Crippen molar-refractivity contribution in [2.75, 3.05) is 5.73 Å². The lowest BCUT2D eigenvalue weighted by Crippen LogP contribution is -2.05. The van der Waals surface area contributed by atoms with E-state index < -0.39 is 11.6 Å². The molecule has 0 aromatic heterocycles. The lowest BCUT2D eigenvalue weighted by Gasteiger charge is -1.99. The lowest BCUT2D eigenvalue weighted by atomic mass is 10.1. The molecule has 0 spiro atoms. The molecule has 0 heterocycles. The van der Waals surface area contributed by atoms with Crippen LogP contribution in [0.5, 0.6) is 0 Å². The zero-order chi connectivity index (χ0) is 9.14. The molecule has 0 saturated carbocycles. The van der Waals surface area contributed by atoms with Gasteiger partial charge in [0.15, 0.2) is 6.29 Å². The predicted molar refractivity (Wildman–Crippen MR) is 41.2 cm³/mol. The Morgan fingerprint density at radius 1 is 1.50 bits per heavy atom. The molecule has 1 aromatic rings. The number of carbonyl (C=O) groups is 2. The van der Waals surface area contributed by atoms with Gasteiger partial charge in [-0.1, -0.05) is 6.07 Å². The highest BCUT2D eigenvalue weighted by atomic mass is 19.1. The van der Waals surface area contributed by atoms with Gasteiger partial charge >= 0.3 is 0 Å². The third-order valence-electron chi connectivity index (χ3n) is 1.43. The van der Waals surface area contributed by atoms with Crippen molar-refractivity contribution in [1.29, 1.82) is 0 Å². The van der Waals surface area contributed by atoms with Crippen molar-refractivity contribution in [3.63, 3.8) is 0 Å². The third-order valence-corrected chi connectivity index (χ3v) is 1.43. The van der Waals surface area contributed by atoms with Crippen molar-refractivity contribution in [3.8, 4) is 0 Å². The zero-order valence-electron chi connectivity index (χ0n) is 6.08. The second kappa shape index (κ2) is 3.13. The van der Waals surface area contributed by atoms with Gasteiger partial charge in [-0.15, -0.1) is 0 Å². The van der Waals surface area contributed by atoms with Crippen LogP contribution in [0.4, 0.5) is 10.1 Å². The second-order valence-electron chi connectivity index (χ2n) is 2.18. The molecule has 0 aliphatic carbocycles. The Balaban J connectivity index is 3.25. The van der Waals surface area contributed by atoms with E-state index in [1.807, 2.05) is 0 Å². The normalized spacial score (nSPS) is 9.42. The lowest BCUT2D eigenvalue weighted by molar-refractivity contribution is -0.104. The van der Waals surface area contributed by atoms with Crippen LogP contribution in [0.25, 0.3) is 0 Å². The van der Waals surface area contributed by atoms with Crippen molar-refractivity contribution in [3.05, 3.63) is 29.6 Å². The Morgan fingerprint density at radius 3 is 2.75 bits per heavy atom. The molecule has 1 rings (SSSR count). The Bertz CT molecular complexity index is 336. The standard InChI is InChI=1S/C8H6FNO2/c9-6-3-1-2-5(8(6)10)7(12)4-11/h1-4H,10H2. The van der Waals surface area contributed by atoms with E-state index in [0.29, 0.717) is 0 Å². The van der Waals surface area contributed by atoms with E-state index in [0.717, 1.165) is 6.07 Å². The van der Waals surface area contributed by atoms with Gasteiger partial charge in [0.05, 0.1) is 11.3 Å². The van der Waals surface area contributed by atoms with Crippen LogP contribution in [0.2, 0.25) is 0 Å². The summed E-state index contributed by atoms with van der Waals surface area (Å²) in [5.74, 6) is -1.50. The fourth-order valence-electron chi connectivity index (χ4n) is 0.815. The van der Waals surface area contributed by atoms with Crippen LogP contribution in [0.1, 0.15) is 10.4 Å². The van der Waals surface area contributed by atoms with Gasteiger partial charge < -0.3 is 5.73 Å².